The van der Waals surface area contributed by atoms with Gasteiger partial charge in [-0.3, -0.25) is 9.78 Å². The Bertz CT molecular complexity index is 1250. The molecule has 1 aromatic carbocycles. The fourth-order valence-electron chi connectivity index (χ4n) is 7.10. The van der Waals surface area contributed by atoms with Gasteiger partial charge < -0.3 is 29.4 Å². The topological polar surface area (TPSA) is 88.2 Å². The largest absolute Gasteiger partial charge is 0.493 e. The van der Waals surface area contributed by atoms with Crippen LogP contribution in [0.15, 0.2) is 16.9 Å². The average Bonchev–Trinajstić information content (AvgIpc) is 3.14. The molecule has 9 nitrogen and oxygen atoms in total. The summed E-state index contributed by atoms with van der Waals surface area (Å²) < 4.78 is 21.7. The SMILES string of the molecule is CN1CCCc2c1nc(N1CCC3(CC1)c1c(F)cc(OCCCN4CCCCC4)cc1N(C)C3O)[nH]c2=O. The molecule has 1 unspecified atom stereocenters. The molecule has 5 heterocycles. The molecule has 212 valence electrons. The number of fused-ring (bicyclic) bond motifs is 3. The Kier molecular flexibility index (Phi) is 7.18. The molecule has 2 N–H and O–H groups in total. The zero-order valence-electron chi connectivity index (χ0n) is 23.2. The van der Waals surface area contributed by atoms with Gasteiger partial charge in [-0.1, -0.05) is 6.42 Å². The standard InChI is InChI=1S/C29H41FN6O3/c1-33-11-6-8-21-25(33)31-28(32-26(21)37)36-15-9-29(10-16-36)24-22(30)18-20(19-23(24)34(2)27(29)38)39-17-7-14-35-12-4-3-5-13-35/h18-19,27,38H,3-17H2,1-2H3,(H,31,32,37). The van der Waals surface area contributed by atoms with E-state index in [2.05, 4.69) is 14.8 Å². The average molecular weight is 541 g/mol. The molecule has 10 heteroatoms. The Balaban J connectivity index is 1.16. The predicted molar refractivity (Wildman–Crippen MR) is 151 cm³/mol. The summed E-state index contributed by atoms with van der Waals surface area (Å²) in [5.41, 5.74) is 1.22. The van der Waals surface area contributed by atoms with Gasteiger partial charge in [0.2, 0.25) is 5.95 Å². The van der Waals surface area contributed by atoms with E-state index in [1.807, 2.05) is 25.1 Å². The number of aliphatic hydroxyl groups excluding tert-OH is 1. The molecule has 2 aromatic rings. The van der Waals surface area contributed by atoms with Crippen LogP contribution in [0.25, 0.3) is 0 Å². The second kappa shape index (κ2) is 10.6. The van der Waals surface area contributed by atoms with E-state index in [-0.39, 0.29) is 11.4 Å². The minimum atomic E-state index is -0.833. The molecular formula is C29H41FN6O3. The number of likely N-dealkylation sites (N-methyl/N-ethyl adjacent to an activating group) is 1. The maximum Gasteiger partial charge on any atom is 0.257 e. The van der Waals surface area contributed by atoms with Gasteiger partial charge in [0.05, 0.1) is 12.2 Å². The Hall–Kier alpha value is -2.85. The number of H-pyrrole nitrogens is 1. The van der Waals surface area contributed by atoms with Gasteiger partial charge in [-0.2, -0.15) is 4.98 Å². The lowest BCUT2D eigenvalue weighted by molar-refractivity contribution is 0.0748. The Labute approximate surface area is 229 Å². The summed E-state index contributed by atoms with van der Waals surface area (Å²) in [6, 6.07) is 3.36. The van der Waals surface area contributed by atoms with Crippen molar-refractivity contribution < 1.29 is 14.2 Å². The number of ether oxygens (including phenoxy) is 1. The summed E-state index contributed by atoms with van der Waals surface area (Å²) >= 11 is 0. The van der Waals surface area contributed by atoms with Crippen molar-refractivity contribution in [3.63, 3.8) is 0 Å². The second-order valence-electron chi connectivity index (χ2n) is 11.7. The summed E-state index contributed by atoms with van der Waals surface area (Å²) in [6.07, 6.45) is 6.72. The molecule has 6 rings (SSSR count). The number of rotatable bonds is 6. The van der Waals surface area contributed by atoms with Crippen molar-refractivity contribution in [2.24, 2.45) is 0 Å². The van der Waals surface area contributed by atoms with E-state index in [1.54, 1.807) is 4.90 Å². The number of aromatic nitrogens is 2. The summed E-state index contributed by atoms with van der Waals surface area (Å²) in [5.74, 6) is 1.49. The van der Waals surface area contributed by atoms with Crippen LogP contribution in [0, 0.1) is 5.82 Å². The van der Waals surface area contributed by atoms with E-state index in [0.717, 1.165) is 56.8 Å². The number of halogens is 1. The molecule has 1 atom stereocenters. The van der Waals surface area contributed by atoms with E-state index >= 15 is 4.39 Å². The highest BCUT2D eigenvalue weighted by molar-refractivity contribution is 5.67. The molecule has 4 aliphatic heterocycles. The highest BCUT2D eigenvalue weighted by Gasteiger charge is 2.52. The van der Waals surface area contributed by atoms with Crippen molar-refractivity contribution in [1.29, 1.82) is 0 Å². The van der Waals surface area contributed by atoms with Gasteiger partial charge in [0.15, 0.2) is 0 Å². The van der Waals surface area contributed by atoms with E-state index in [4.69, 9.17) is 9.72 Å². The van der Waals surface area contributed by atoms with Crippen LogP contribution in [0.3, 0.4) is 0 Å². The van der Waals surface area contributed by atoms with Crippen molar-refractivity contribution >= 4 is 17.5 Å². The third-order valence-electron chi connectivity index (χ3n) is 9.34. The molecule has 0 aliphatic carbocycles. The van der Waals surface area contributed by atoms with Gasteiger partial charge in [-0.15, -0.1) is 0 Å². The van der Waals surface area contributed by atoms with Gasteiger partial charge in [0.25, 0.3) is 5.56 Å². The second-order valence-corrected chi connectivity index (χ2v) is 11.7. The molecule has 2 fully saturated rings. The summed E-state index contributed by atoms with van der Waals surface area (Å²) in [7, 11) is 3.79. The minimum absolute atomic E-state index is 0.0812. The number of piperidine rings is 2. The smallest absolute Gasteiger partial charge is 0.257 e. The quantitative estimate of drug-likeness (QED) is 0.541. The normalized spacial score (nSPS) is 22.8. The number of hydrogen-bond donors (Lipinski definition) is 2. The highest BCUT2D eigenvalue weighted by Crippen LogP contribution is 2.52. The number of benzene rings is 1. The molecule has 39 heavy (non-hydrogen) atoms. The number of aromatic amines is 1. The maximum atomic E-state index is 15.7. The Morgan fingerprint density at radius 1 is 1.10 bits per heavy atom. The first-order chi connectivity index (χ1) is 18.9. The molecule has 4 aliphatic rings. The van der Waals surface area contributed by atoms with E-state index in [1.165, 1.54) is 25.3 Å². The zero-order valence-corrected chi connectivity index (χ0v) is 23.2. The fraction of sp³-hybridized carbons (Fsp3) is 0.655. The van der Waals surface area contributed by atoms with Crippen molar-refractivity contribution in [2.45, 2.75) is 63.0 Å². The first kappa shape index (κ1) is 26.4. The van der Waals surface area contributed by atoms with Crippen LogP contribution >= 0.6 is 0 Å². The number of nitrogens with one attached hydrogen (secondary N) is 1. The van der Waals surface area contributed by atoms with E-state index in [0.29, 0.717) is 55.5 Å². The van der Waals surface area contributed by atoms with Crippen molar-refractivity contribution in [3.05, 3.63) is 39.4 Å². The molecule has 1 spiro atoms. The lowest BCUT2D eigenvalue weighted by Gasteiger charge is -2.42. The summed E-state index contributed by atoms with van der Waals surface area (Å²) in [4.78, 5) is 28.9. The van der Waals surface area contributed by atoms with Gasteiger partial charge in [-0.05, 0) is 58.0 Å². The van der Waals surface area contributed by atoms with Crippen LogP contribution in [0.1, 0.15) is 56.1 Å². The number of hydrogen-bond acceptors (Lipinski definition) is 8. The monoisotopic (exact) mass is 540 g/mol. The number of anilines is 3. The molecular weight excluding hydrogens is 499 g/mol. The highest BCUT2D eigenvalue weighted by atomic mass is 19.1. The van der Waals surface area contributed by atoms with E-state index in [9.17, 15) is 9.90 Å². The third kappa shape index (κ3) is 4.75. The zero-order chi connectivity index (χ0) is 27.1. The lowest BCUT2D eigenvalue weighted by atomic mass is 9.72. The number of likely N-dealkylation sites (tertiary alicyclic amines) is 1. The van der Waals surface area contributed by atoms with Crippen LogP contribution in [-0.2, 0) is 11.8 Å². The van der Waals surface area contributed by atoms with Crippen LogP contribution in [0.5, 0.6) is 5.75 Å². The summed E-state index contributed by atoms with van der Waals surface area (Å²) in [5, 5.41) is 11.4. The van der Waals surface area contributed by atoms with Gasteiger partial charge in [0, 0.05) is 69.1 Å². The molecule has 0 bridgehead atoms. The fourth-order valence-corrected chi connectivity index (χ4v) is 7.10. The summed E-state index contributed by atoms with van der Waals surface area (Å²) in [6.45, 7) is 5.86. The van der Waals surface area contributed by atoms with Gasteiger partial charge >= 0.3 is 0 Å². The number of aliphatic hydroxyl groups is 1. The predicted octanol–water partition coefficient (Wildman–Crippen LogP) is 2.85. The van der Waals surface area contributed by atoms with E-state index < -0.39 is 11.6 Å². The van der Waals surface area contributed by atoms with Crippen molar-refractivity contribution in [2.75, 3.05) is 74.7 Å². The van der Waals surface area contributed by atoms with Gasteiger partial charge in [0.1, 0.15) is 23.6 Å². The van der Waals surface area contributed by atoms with Crippen LogP contribution in [0.2, 0.25) is 0 Å². The van der Waals surface area contributed by atoms with Crippen molar-refractivity contribution in [1.82, 2.24) is 14.9 Å². The van der Waals surface area contributed by atoms with Gasteiger partial charge in [-0.25, -0.2) is 4.39 Å². The Morgan fingerprint density at radius 2 is 1.87 bits per heavy atom. The first-order valence-electron chi connectivity index (χ1n) is 14.6. The first-order valence-corrected chi connectivity index (χ1v) is 14.6. The molecule has 1 aromatic heterocycles. The molecule has 2 saturated heterocycles. The molecule has 0 saturated carbocycles. The third-order valence-corrected chi connectivity index (χ3v) is 9.34. The van der Waals surface area contributed by atoms with Crippen molar-refractivity contribution in [3.8, 4) is 5.75 Å². The maximum absolute atomic E-state index is 15.7. The minimum Gasteiger partial charge on any atom is -0.493 e. The number of nitrogens with zero attached hydrogens (tertiary/aromatic N) is 5. The van der Waals surface area contributed by atoms with Crippen LogP contribution < -0.4 is 25.0 Å². The Morgan fingerprint density at radius 3 is 2.64 bits per heavy atom. The molecule has 0 amide bonds. The lowest BCUT2D eigenvalue weighted by Crippen LogP contribution is -2.51. The van der Waals surface area contributed by atoms with Crippen LogP contribution in [-0.4, -0.2) is 86.2 Å². The van der Waals surface area contributed by atoms with Crippen LogP contribution in [0.4, 0.5) is 21.8 Å². The molecule has 0 radical (unpaired) electrons.